The van der Waals surface area contributed by atoms with E-state index < -0.39 is 5.82 Å². The van der Waals surface area contributed by atoms with Gasteiger partial charge in [-0.25, -0.2) is 4.39 Å². The van der Waals surface area contributed by atoms with Gasteiger partial charge in [0.05, 0.1) is 11.3 Å². The van der Waals surface area contributed by atoms with Gasteiger partial charge in [-0.3, -0.25) is 10.1 Å². The molecule has 1 amide bonds. The van der Waals surface area contributed by atoms with Crippen LogP contribution in [0, 0.1) is 5.82 Å². The van der Waals surface area contributed by atoms with Gasteiger partial charge in [-0.1, -0.05) is 28.1 Å². The predicted octanol–water partition coefficient (Wildman–Crippen LogP) is 4.48. The first-order chi connectivity index (χ1) is 9.97. The predicted molar refractivity (Wildman–Crippen MR) is 91.9 cm³/mol. The third-order valence-corrected chi connectivity index (χ3v) is 3.91. The van der Waals surface area contributed by atoms with Crippen LogP contribution in [0.2, 0.25) is 0 Å². The molecule has 2 N–H and O–H groups in total. The van der Waals surface area contributed by atoms with E-state index in [2.05, 4.69) is 42.5 Å². The molecule has 3 nitrogen and oxygen atoms in total. The van der Waals surface area contributed by atoms with Gasteiger partial charge in [0.2, 0.25) is 0 Å². The molecule has 0 bridgehead atoms. The van der Waals surface area contributed by atoms with Crippen molar-refractivity contribution >= 4 is 60.8 Å². The molecule has 0 atom stereocenters. The average Bonchev–Trinajstić information content (AvgIpc) is 2.42. The number of anilines is 1. The molecule has 0 unspecified atom stereocenters. The third kappa shape index (κ3) is 4.33. The average molecular weight is 432 g/mol. The maximum atomic E-state index is 13.7. The highest BCUT2D eigenvalue weighted by Gasteiger charge is 2.12. The lowest BCUT2D eigenvalue weighted by Gasteiger charge is -2.11. The number of hydrogen-bond donors (Lipinski definition) is 2. The van der Waals surface area contributed by atoms with Crippen LogP contribution in [-0.4, -0.2) is 11.0 Å². The number of thiocarbonyl (C=S) groups is 1. The Morgan fingerprint density at radius 3 is 2.52 bits per heavy atom. The first-order valence-electron chi connectivity index (χ1n) is 5.79. The fourth-order valence-electron chi connectivity index (χ4n) is 1.56. The molecule has 0 aliphatic heterocycles. The molecule has 0 fully saturated rings. The number of carbonyl (C=O) groups excluding carboxylic acids is 1. The summed E-state index contributed by atoms with van der Waals surface area (Å²) in [6.07, 6.45) is 0. The molecule has 21 heavy (non-hydrogen) atoms. The molecule has 0 aliphatic carbocycles. The van der Waals surface area contributed by atoms with Crippen molar-refractivity contribution in [1.82, 2.24) is 5.32 Å². The standard InChI is InChI=1S/C14H9Br2FN2OS/c15-8-5-6-12(11(17)7-8)18-14(21)19-13(20)9-3-1-2-4-10(9)16/h1-7H,(H2,18,19,20,21). The SMILES string of the molecule is O=C(NC(=S)Nc1ccc(Br)cc1F)c1ccccc1Br. The second-order valence-corrected chi connectivity index (χ2v) is 6.19. The van der Waals surface area contributed by atoms with E-state index in [0.717, 1.165) is 0 Å². The Balaban J connectivity index is 2.05. The highest BCUT2D eigenvalue weighted by molar-refractivity contribution is 9.10. The van der Waals surface area contributed by atoms with E-state index in [1.54, 1.807) is 30.3 Å². The molecule has 7 heteroatoms. The van der Waals surface area contributed by atoms with Gasteiger partial charge in [0, 0.05) is 8.95 Å². The highest BCUT2D eigenvalue weighted by atomic mass is 79.9. The zero-order valence-corrected chi connectivity index (χ0v) is 14.5. The number of benzene rings is 2. The molecule has 0 heterocycles. The summed E-state index contributed by atoms with van der Waals surface area (Å²) < 4.78 is 14.9. The van der Waals surface area contributed by atoms with Gasteiger partial charge < -0.3 is 5.32 Å². The normalized spacial score (nSPS) is 10.0. The van der Waals surface area contributed by atoms with Gasteiger partial charge in [0.1, 0.15) is 5.82 Å². The molecule has 2 rings (SSSR count). The van der Waals surface area contributed by atoms with Crippen molar-refractivity contribution in [3.8, 4) is 0 Å². The van der Waals surface area contributed by atoms with E-state index in [0.29, 0.717) is 14.5 Å². The fraction of sp³-hybridized carbons (Fsp3) is 0. The minimum atomic E-state index is -0.470. The Labute approximate surface area is 143 Å². The Morgan fingerprint density at radius 1 is 1.14 bits per heavy atom. The van der Waals surface area contributed by atoms with Gasteiger partial charge in [0.15, 0.2) is 5.11 Å². The van der Waals surface area contributed by atoms with Crippen molar-refractivity contribution in [3.63, 3.8) is 0 Å². The van der Waals surface area contributed by atoms with Crippen molar-refractivity contribution in [2.45, 2.75) is 0 Å². The van der Waals surface area contributed by atoms with Gasteiger partial charge in [-0.05, 0) is 58.5 Å². The second kappa shape index (κ2) is 7.11. The summed E-state index contributed by atoms with van der Waals surface area (Å²) in [5, 5.41) is 5.17. The minimum Gasteiger partial charge on any atom is -0.330 e. The van der Waals surface area contributed by atoms with E-state index in [-0.39, 0.29) is 16.7 Å². The van der Waals surface area contributed by atoms with Gasteiger partial charge >= 0.3 is 0 Å². The third-order valence-electron chi connectivity index (χ3n) is 2.52. The van der Waals surface area contributed by atoms with Crippen molar-refractivity contribution in [1.29, 1.82) is 0 Å². The summed E-state index contributed by atoms with van der Waals surface area (Å²) in [5.74, 6) is -0.848. The number of carbonyl (C=O) groups is 1. The molecular formula is C14H9Br2FN2OS. The van der Waals surface area contributed by atoms with E-state index >= 15 is 0 Å². The molecule has 0 saturated carbocycles. The summed E-state index contributed by atoms with van der Waals surface area (Å²) in [6.45, 7) is 0. The summed E-state index contributed by atoms with van der Waals surface area (Å²) in [4.78, 5) is 12.0. The molecular weight excluding hydrogens is 423 g/mol. The van der Waals surface area contributed by atoms with E-state index in [4.69, 9.17) is 12.2 Å². The Bertz CT molecular complexity index is 709. The zero-order chi connectivity index (χ0) is 15.4. The number of nitrogens with one attached hydrogen (secondary N) is 2. The van der Waals surface area contributed by atoms with Crippen LogP contribution in [0.15, 0.2) is 51.4 Å². The van der Waals surface area contributed by atoms with Crippen molar-refractivity contribution in [3.05, 3.63) is 62.8 Å². The van der Waals surface area contributed by atoms with Crippen LogP contribution in [0.4, 0.5) is 10.1 Å². The van der Waals surface area contributed by atoms with Gasteiger partial charge in [0.25, 0.3) is 5.91 Å². The molecule has 0 radical (unpaired) electrons. The van der Waals surface area contributed by atoms with E-state index in [1.165, 1.54) is 12.1 Å². The van der Waals surface area contributed by atoms with Crippen molar-refractivity contribution < 1.29 is 9.18 Å². The smallest absolute Gasteiger partial charge is 0.258 e. The molecule has 0 aliphatic rings. The van der Waals surface area contributed by atoms with Crippen LogP contribution in [0.25, 0.3) is 0 Å². The van der Waals surface area contributed by atoms with Gasteiger partial charge in [-0.2, -0.15) is 0 Å². The molecule has 0 spiro atoms. The number of rotatable bonds is 2. The molecule has 2 aromatic rings. The number of halogens is 3. The zero-order valence-electron chi connectivity index (χ0n) is 10.5. The quantitative estimate of drug-likeness (QED) is 0.689. The van der Waals surface area contributed by atoms with Crippen LogP contribution in [0.1, 0.15) is 10.4 Å². The lowest BCUT2D eigenvalue weighted by Crippen LogP contribution is -2.34. The Morgan fingerprint density at radius 2 is 1.86 bits per heavy atom. The van der Waals surface area contributed by atoms with Crippen molar-refractivity contribution in [2.75, 3.05) is 5.32 Å². The molecule has 108 valence electrons. The summed E-state index contributed by atoms with van der Waals surface area (Å²) in [6, 6.07) is 11.4. The summed E-state index contributed by atoms with van der Waals surface area (Å²) in [5.41, 5.74) is 0.633. The van der Waals surface area contributed by atoms with Crippen LogP contribution in [-0.2, 0) is 0 Å². The molecule has 0 aromatic heterocycles. The van der Waals surface area contributed by atoms with Crippen LogP contribution in [0.3, 0.4) is 0 Å². The van der Waals surface area contributed by atoms with Crippen LogP contribution < -0.4 is 10.6 Å². The molecule has 0 saturated heterocycles. The van der Waals surface area contributed by atoms with Gasteiger partial charge in [-0.15, -0.1) is 0 Å². The molecule has 2 aromatic carbocycles. The fourth-order valence-corrected chi connectivity index (χ4v) is 2.56. The van der Waals surface area contributed by atoms with Crippen molar-refractivity contribution in [2.24, 2.45) is 0 Å². The Kier molecular flexibility index (Phi) is 5.44. The van der Waals surface area contributed by atoms with Crippen LogP contribution in [0.5, 0.6) is 0 Å². The lowest BCUT2D eigenvalue weighted by molar-refractivity contribution is 0.0977. The maximum Gasteiger partial charge on any atom is 0.258 e. The topological polar surface area (TPSA) is 41.1 Å². The maximum absolute atomic E-state index is 13.7. The first-order valence-corrected chi connectivity index (χ1v) is 7.78. The summed E-state index contributed by atoms with van der Waals surface area (Å²) in [7, 11) is 0. The van der Waals surface area contributed by atoms with Crippen LogP contribution >= 0.6 is 44.1 Å². The Hall–Kier alpha value is -1.31. The first kappa shape index (κ1) is 16.1. The number of hydrogen-bond acceptors (Lipinski definition) is 2. The van der Waals surface area contributed by atoms with E-state index in [9.17, 15) is 9.18 Å². The largest absolute Gasteiger partial charge is 0.330 e. The minimum absolute atomic E-state index is 0.0250. The summed E-state index contributed by atoms with van der Waals surface area (Å²) >= 11 is 11.5. The highest BCUT2D eigenvalue weighted by Crippen LogP contribution is 2.19. The second-order valence-electron chi connectivity index (χ2n) is 4.01. The lowest BCUT2D eigenvalue weighted by atomic mass is 10.2. The number of amides is 1. The van der Waals surface area contributed by atoms with E-state index in [1.807, 2.05) is 0 Å². The monoisotopic (exact) mass is 430 g/mol.